The minimum atomic E-state index is -2.68. The number of nitrogens with one attached hydrogen (secondary N) is 1. The van der Waals surface area contributed by atoms with Crippen LogP contribution in [-0.4, -0.2) is 66.6 Å². The molecule has 0 aliphatic carbocycles. The maximum Gasteiger partial charge on any atom is 0.409 e. The Labute approximate surface area is 141 Å². The molecular weight excluding hydrogens is 294 g/mol. The molecule has 0 radical (unpaired) electrons. The second-order valence-corrected chi connectivity index (χ2v) is 7.77. The normalized spacial score (nSPS) is 38.8. The lowest BCUT2D eigenvalue weighted by atomic mass is 9.77. The van der Waals surface area contributed by atoms with Gasteiger partial charge in [0, 0.05) is 31.1 Å². The van der Waals surface area contributed by atoms with E-state index in [1.54, 1.807) is 4.90 Å². The van der Waals surface area contributed by atoms with Crippen molar-refractivity contribution >= 4 is 12.0 Å². The molecule has 0 aromatic carbocycles. The van der Waals surface area contributed by atoms with E-state index in [4.69, 9.17) is 4.11 Å². The van der Waals surface area contributed by atoms with E-state index in [-0.39, 0.29) is 23.4 Å². The van der Waals surface area contributed by atoms with Crippen LogP contribution in [-0.2, 0) is 9.53 Å². The minimum Gasteiger partial charge on any atom is -0.453 e. The van der Waals surface area contributed by atoms with Crippen LogP contribution >= 0.6 is 0 Å². The van der Waals surface area contributed by atoms with E-state index in [1.165, 1.54) is 0 Å². The van der Waals surface area contributed by atoms with E-state index in [2.05, 4.69) is 15.0 Å². The van der Waals surface area contributed by atoms with Crippen LogP contribution in [0.4, 0.5) is 4.79 Å². The Morgan fingerprint density at radius 2 is 1.96 bits per heavy atom. The summed E-state index contributed by atoms with van der Waals surface area (Å²) in [6.07, 6.45) is 5.68. The van der Waals surface area contributed by atoms with Gasteiger partial charge in [0.05, 0.1) is 11.2 Å². The predicted octanol–water partition coefficient (Wildman–Crippen LogP) is 1.35. The van der Waals surface area contributed by atoms with Crippen LogP contribution in [0.3, 0.4) is 0 Å². The summed E-state index contributed by atoms with van der Waals surface area (Å²) in [5, 5.41) is 2.97. The van der Waals surface area contributed by atoms with E-state index in [0.717, 1.165) is 58.2 Å². The summed E-state index contributed by atoms with van der Waals surface area (Å²) in [7, 11) is -2.68. The highest BCUT2D eigenvalue weighted by molar-refractivity contribution is 5.79. The van der Waals surface area contributed by atoms with Gasteiger partial charge in [-0.15, -0.1) is 0 Å². The van der Waals surface area contributed by atoms with Gasteiger partial charge in [0.15, 0.2) is 0 Å². The largest absolute Gasteiger partial charge is 0.453 e. The van der Waals surface area contributed by atoms with E-state index in [9.17, 15) is 9.59 Å². The Bertz CT molecular complexity index is 576. The molecule has 1 N–H and O–H groups in total. The highest BCUT2D eigenvalue weighted by Crippen LogP contribution is 2.42. The summed E-state index contributed by atoms with van der Waals surface area (Å²) in [5.74, 6) is 0.178. The molecular formula is C17H27N3O3. The molecule has 4 saturated heterocycles. The lowest BCUT2D eigenvalue weighted by Crippen LogP contribution is -2.54. The van der Waals surface area contributed by atoms with Crippen LogP contribution in [0.5, 0.6) is 0 Å². The summed E-state index contributed by atoms with van der Waals surface area (Å²) in [4.78, 5) is 28.0. The van der Waals surface area contributed by atoms with Crippen LogP contribution < -0.4 is 5.32 Å². The Kier molecular flexibility index (Phi) is 2.98. The minimum absolute atomic E-state index is 0.0826. The summed E-state index contributed by atoms with van der Waals surface area (Å²) in [5.41, 5.74) is 0.150. The molecule has 2 bridgehead atoms. The van der Waals surface area contributed by atoms with Gasteiger partial charge in [-0.3, -0.25) is 4.79 Å². The number of methoxy groups -OCH3 is 1. The number of amides is 2. The number of carbonyl (C=O) groups is 2. The number of rotatable bonds is 1. The first-order valence-corrected chi connectivity index (χ1v) is 8.77. The number of piperidine rings is 2. The summed E-state index contributed by atoms with van der Waals surface area (Å²) >= 11 is 0. The zero-order valence-electron chi connectivity index (χ0n) is 16.4. The van der Waals surface area contributed by atoms with Crippen molar-refractivity contribution in [1.29, 1.82) is 0 Å². The molecule has 0 aromatic rings. The van der Waals surface area contributed by atoms with Crippen molar-refractivity contribution < 1.29 is 18.4 Å². The topological polar surface area (TPSA) is 61.9 Å². The third-order valence-electron chi connectivity index (χ3n) is 6.58. The van der Waals surface area contributed by atoms with Gasteiger partial charge in [-0.25, -0.2) is 4.79 Å². The van der Waals surface area contributed by atoms with Crippen molar-refractivity contribution in [2.45, 2.75) is 63.1 Å². The van der Waals surface area contributed by atoms with E-state index in [1.807, 2.05) is 0 Å². The fourth-order valence-corrected chi connectivity index (χ4v) is 5.27. The van der Waals surface area contributed by atoms with Crippen molar-refractivity contribution in [3.63, 3.8) is 0 Å². The van der Waals surface area contributed by atoms with Crippen LogP contribution in [0.25, 0.3) is 0 Å². The monoisotopic (exact) mass is 324 g/mol. The molecule has 2 unspecified atom stereocenters. The Balaban J connectivity index is 1.35. The second-order valence-electron chi connectivity index (χ2n) is 7.77. The highest BCUT2D eigenvalue weighted by atomic mass is 16.5. The third-order valence-corrected chi connectivity index (χ3v) is 6.58. The molecule has 4 aliphatic rings. The maximum absolute atomic E-state index is 12.2. The van der Waals surface area contributed by atoms with Gasteiger partial charge in [-0.1, -0.05) is 0 Å². The van der Waals surface area contributed by atoms with Crippen LogP contribution in [0.1, 0.15) is 49.1 Å². The molecule has 1 spiro atoms. The molecule has 4 heterocycles. The Morgan fingerprint density at radius 1 is 1.26 bits per heavy atom. The number of likely N-dealkylation sites (tertiary alicyclic amines) is 1. The second kappa shape index (κ2) is 5.65. The molecule has 6 heteroatoms. The van der Waals surface area contributed by atoms with Crippen LogP contribution in [0.15, 0.2) is 0 Å². The average Bonchev–Trinajstić information content (AvgIpc) is 3.04. The Hall–Kier alpha value is -1.30. The maximum atomic E-state index is 12.2. The van der Waals surface area contributed by atoms with E-state index >= 15 is 0 Å². The molecule has 23 heavy (non-hydrogen) atoms. The number of hydrogen-bond acceptors (Lipinski definition) is 4. The molecule has 4 rings (SSSR count). The van der Waals surface area contributed by atoms with Gasteiger partial charge in [0.1, 0.15) is 0 Å². The fourth-order valence-electron chi connectivity index (χ4n) is 5.27. The van der Waals surface area contributed by atoms with Gasteiger partial charge in [-0.2, -0.15) is 0 Å². The Morgan fingerprint density at radius 3 is 2.52 bits per heavy atom. The van der Waals surface area contributed by atoms with Gasteiger partial charge in [-0.05, 0) is 57.0 Å². The molecule has 0 saturated carbocycles. The van der Waals surface area contributed by atoms with Gasteiger partial charge in [0.25, 0.3) is 0 Å². The molecule has 0 aromatic heterocycles. The molecule has 4 fully saturated rings. The average molecular weight is 324 g/mol. The summed E-state index contributed by atoms with van der Waals surface area (Å²) in [6.45, 7) is 2.81. The number of hydrogen-bond donors (Lipinski definition) is 1. The summed E-state index contributed by atoms with van der Waals surface area (Å²) in [6, 6.07) is 0.602. The number of carbonyl (C=O) groups excluding carboxylic acids is 2. The quantitative estimate of drug-likeness (QED) is 0.791. The third kappa shape index (κ3) is 2.61. The van der Waals surface area contributed by atoms with Gasteiger partial charge < -0.3 is 19.9 Å². The van der Waals surface area contributed by atoms with Crippen LogP contribution in [0.2, 0.25) is 0 Å². The SMILES string of the molecule is [2H]C([2H])([2H])OC(=O)N1C2CCC1CC(N1CCC3(CC1)CNC(=O)C3)C2. The van der Waals surface area contributed by atoms with Crippen molar-refractivity contribution in [3.05, 3.63) is 0 Å². The van der Waals surface area contributed by atoms with Crippen molar-refractivity contribution in [3.8, 4) is 0 Å². The molecule has 4 aliphatic heterocycles. The summed E-state index contributed by atoms with van der Waals surface area (Å²) < 4.78 is 26.1. The number of ether oxygens (including phenoxy) is 1. The zero-order valence-corrected chi connectivity index (χ0v) is 13.4. The van der Waals surface area contributed by atoms with Crippen molar-refractivity contribution in [2.75, 3.05) is 26.7 Å². The van der Waals surface area contributed by atoms with Gasteiger partial charge >= 0.3 is 6.09 Å². The smallest absolute Gasteiger partial charge is 0.409 e. The lowest BCUT2D eigenvalue weighted by molar-refractivity contribution is -0.119. The van der Waals surface area contributed by atoms with Crippen LogP contribution in [0, 0.1) is 5.41 Å². The van der Waals surface area contributed by atoms with E-state index in [0.29, 0.717) is 12.5 Å². The number of nitrogens with zero attached hydrogens (tertiary/aromatic N) is 2. The first-order valence-electron chi connectivity index (χ1n) is 10.3. The fraction of sp³-hybridized carbons (Fsp3) is 0.882. The standard InChI is InChI=1S/C17H27N3O3/c1-23-16(22)20-12-2-3-13(20)9-14(8-12)19-6-4-17(5-7-19)10-15(21)18-11-17/h12-14H,2-11H2,1H3,(H,18,21)/i1D3. The zero-order chi connectivity index (χ0) is 18.5. The van der Waals surface area contributed by atoms with Crippen molar-refractivity contribution in [2.24, 2.45) is 5.41 Å². The first-order chi connectivity index (χ1) is 12.2. The predicted molar refractivity (Wildman–Crippen MR) is 84.9 cm³/mol. The lowest BCUT2D eigenvalue weighted by Gasteiger charge is -2.46. The molecule has 128 valence electrons. The van der Waals surface area contributed by atoms with Gasteiger partial charge in [0.2, 0.25) is 5.91 Å². The molecule has 2 atom stereocenters. The molecule has 2 amide bonds. The van der Waals surface area contributed by atoms with Crippen molar-refractivity contribution in [1.82, 2.24) is 15.1 Å². The first kappa shape index (κ1) is 12.1. The number of fused-ring (bicyclic) bond motifs is 2. The molecule has 6 nitrogen and oxygen atoms in total. The van der Waals surface area contributed by atoms with E-state index < -0.39 is 13.1 Å². The highest BCUT2D eigenvalue weighted by Gasteiger charge is 2.47.